The number of para-hydroxylation sites is 1. The number of rotatable bonds is 26. The number of aromatic nitrogens is 1. The molecule has 0 bridgehead atoms. The van der Waals surface area contributed by atoms with Crippen molar-refractivity contribution in [2.24, 2.45) is 17.6 Å². The molecule has 0 unspecified atom stereocenters. The lowest BCUT2D eigenvalue weighted by Gasteiger charge is -2.28. The first-order valence-electron chi connectivity index (χ1n) is 19.8. The molecule has 7 amide bonds. The van der Waals surface area contributed by atoms with E-state index in [1.54, 1.807) is 44.3 Å². The monoisotopic (exact) mass is 891 g/mol. The van der Waals surface area contributed by atoms with Gasteiger partial charge in [-0.15, -0.1) is 0 Å². The number of aliphatic hydroxyl groups excluding tert-OH is 2. The molecule has 2 rings (SSSR count). The van der Waals surface area contributed by atoms with Crippen LogP contribution in [-0.2, 0) is 54.4 Å². The van der Waals surface area contributed by atoms with Crippen molar-refractivity contribution in [2.75, 3.05) is 13.2 Å². The van der Waals surface area contributed by atoms with Gasteiger partial charge in [0.1, 0.15) is 42.3 Å². The highest BCUT2D eigenvalue weighted by atomic mass is 16.4. The van der Waals surface area contributed by atoms with E-state index in [4.69, 9.17) is 10.8 Å². The van der Waals surface area contributed by atoms with Gasteiger partial charge in [0.25, 0.3) is 0 Å². The zero-order valence-electron chi connectivity index (χ0n) is 35.3. The minimum atomic E-state index is -1.90. The van der Waals surface area contributed by atoms with Crippen LogP contribution in [0.15, 0.2) is 30.5 Å². The predicted molar refractivity (Wildman–Crippen MR) is 220 cm³/mol. The van der Waals surface area contributed by atoms with Gasteiger partial charge in [-0.3, -0.25) is 43.2 Å². The van der Waals surface area contributed by atoms with Crippen molar-refractivity contribution in [1.29, 1.82) is 0 Å². The molecule has 0 aliphatic carbocycles. The Morgan fingerprint density at radius 3 is 1.59 bits per heavy atom. The lowest BCUT2D eigenvalue weighted by atomic mass is 10.0. The second-order valence-corrected chi connectivity index (χ2v) is 15.5. The van der Waals surface area contributed by atoms with E-state index in [1.165, 1.54) is 20.8 Å². The molecule has 0 saturated carbocycles. The molecule has 0 spiro atoms. The Morgan fingerprint density at radius 2 is 1.06 bits per heavy atom. The summed E-state index contributed by atoms with van der Waals surface area (Å²) in [5.74, 6) is -12.6. The number of carboxylic acids is 3. The number of carboxylic acid groups (broad SMARTS) is 3. The SMILES string of the molecule is CC(C)C[C@H](N)C(=O)N[C@@H](CC(=O)O)C(=O)N[C@H](C(=O)N[C@@H](CO)C(=O)N[C@@H](Cc1c[nH]c2ccccc12)C(=O)N[C@@H](C)C(=O)N[C@@H](CO)C(=O)N[C@@H](CC(=O)O)C(=O)O)C(C)C. The molecule has 0 fully saturated rings. The van der Waals surface area contributed by atoms with Crippen molar-refractivity contribution < 1.29 is 73.5 Å². The van der Waals surface area contributed by atoms with Crippen LogP contribution in [0.4, 0.5) is 0 Å². The number of nitrogens with one attached hydrogen (secondary N) is 8. The Kier molecular flexibility index (Phi) is 20.6. The van der Waals surface area contributed by atoms with Gasteiger partial charge in [0.05, 0.1) is 32.1 Å². The highest BCUT2D eigenvalue weighted by molar-refractivity contribution is 5.98. The van der Waals surface area contributed by atoms with Crippen LogP contribution in [0.2, 0.25) is 0 Å². The van der Waals surface area contributed by atoms with Gasteiger partial charge in [0, 0.05) is 23.5 Å². The zero-order chi connectivity index (χ0) is 47.7. The van der Waals surface area contributed by atoms with Crippen molar-refractivity contribution in [3.63, 3.8) is 0 Å². The summed E-state index contributed by atoms with van der Waals surface area (Å²) in [5.41, 5.74) is 7.07. The standard InChI is InChI=1S/C39H57N9O15/c1-17(2)10-22(40)33(56)43-25(12-29(51)52)35(58)48-31(18(3)4)38(61)47-28(16-50)36(59)44-24(11-20-14-41-23-9-7-6-8-21(20)23)34(57)42-19(5)32(55)46-27(15-49)37(60)45-26(39(62)63)13-30(53)54/h6-9,14,17-19,22,24-28,31,41,49-50H,10-13,15-16,40H2,1-5H3,(H,42,57)(H,43,56)(H,44,59)(H,45,60)(H,46,55)(H,47,61)(H,48,58)(H,51,52)(H,53,54)(H,62,63)/t19-,22-,24-,25-,26-,27-,28-,31-/m0/s1. The first-order chi connectivity index (χ1) is 29.5. The summed E-state index contributed by atoms with van der Waals surface area (Å²) in [6.45, 7) is 5.74. The number of nitrogens with two attached hydrogens (primary N) is 1. The Hall–Kier alpha value is -6.66. The number of aliphatic hydroxyl groups is 2. The van der Waals surface area contributed by atoms with Crippen molar-refractivity contribution in [3.05, 3.63) is 36.0 Å². The topological polar surface area (TPSA) is 398 Å². The van der Waals surface area contributed by atoms with Crippen LogP contribution >= 0.6 is 0 Å². The zero-order valence-corrected chi connectivity index (χ0v) is 35.3. The fourth-order valence-electron chi connectivity index (χ4n) is 6.04. The minimum Gasteiger partial charge on any atom is -0.481 e. The van der Waals surface area contributed by atoms with Crippen LogP contribution in [0.3, 0.4) is 0 Å². The number of hydrogen-bond donors (Lipinski definition) is 14. The third-order valence-corrected chi connectivity index (χ3v) is 9.43. The van der Waals surface area contributed by atoms with Crippen LogP contribution in [0, 0.1) is 11.8 Å². The van der Waals surface area contributed by atoms with Gasteiger partial charge in [-0.2, -0.15) is 0 Å². The molecule has 15 N–H and O–H groups in total. The number of amides is 7. The molecule has 348 valence electrons. The van der Waals surface area contributed by atoms with E-state index in [9.17, 15) is 68.4 Å². The summed E-state index contributed by atoms with van der Waals surface area (Å²) in [4.78, 5) is 130. The fourth-order valence-corrected chi connectivity index (χ4v) is 6.04. The molecule has 1 heterocycles. The summed E-state index contributed by atoms with van der Waals surface area (Å²) in [7, 11) is 0. The molecule has 8 atom stereocenters. The summed E-state index contributed by atoms with van der Waals surface area (Å²) in [6, 6.07) is -5.66. The molecule has 1 aromatic carbocycles. The van der Waals surface area contributed by atoms with E-state index in [0.717, 1.165) is 0 Å². The summed E-state index contributed by atoms with van der Waals surface area (Å²) in [5, 5.41) is 64.0. The third kappa shape index (κ3) is 16.6. The number of carbonyl (C=O) groups excluding carboxylic acids is 7. The number of aromatic amines is 1. The highest BCUT2D eigenvalue weighted by Gasteiger charge is 2.35. The van der Waals surface area contributed by atoms with E-state index in [-0.39, 0.29) is 18.8 Å². The molecule has 0 aliphatic rings. The van der Waals surface area contributed by atoms with E-state index in [2.05, 4.69) is 36.9 Å². The molecule has 63 heavy (non-hydrogen) atoms. The predicted octanol–water partition coefficient (Wildman–Crippen LogP) is -3.83. The summed E-state index contributed by atoms with van der Waals surface area (Å²) >= 11 is 0. The normalized spacial score (nSPS) is 15.0. The fraction of sp³-hybridized carbons (Fsp3) is 0.538. The maximum atomic E-state index is 13.8. The van der Waals surface area contributed by atoms with Crippen molar-refractivity contribution in [2.45, 2.75) is 109 Å². The molecule has 1 aromatic heterocycles. The number of benzene rings is 1. The molecule has 24 heteroatoms. The average Bonchev–Trinajstić information content (AvgIpc) is 3.61. The van der Waals surface area contributed by atoms with Crippen LogP contribution in [0.25, 0.3) is 10.9 Å². The van der Waals surface area contributed by atoms with Gasteiger partial charge in [-0.05, 0) is 36.8 Å². The molecule has 2 aromatic rings. The number of hydrogen-bond acceptors (Lipinski definition) is 13. The van der Waals surface area contributed by atoms with Gasteiger partial charge in [-0.25, -0.2) is 4.79 Å². The second kappa shape index (κ2) is 24.7. The minimum absolute atomic E-state index is 0.00122. The maximum Gasteiger partial charge on any atom is 0.326 e. The van der Waals surface area contributed by atoms with Gasteiger partial charge >= 0.3 is 17.9 Å². The first-order valence-corrected chi connectivity index (χ1v) is 19.8. The van der Waals surface area contributed by atoms with E-state index >= 15 is 0 Å². The number of fused-ring (bicyclic) bond motifs is 1. The van der Waals surface area contributed by atoms with Gasteiger partial charge in [0.15, 0.2) is 0 Å². The van der Waals surface area contributed by atoms with E-state index < -0.39 is 140 Å². The largest absolute Gasteiger partial charge is 0.481 e. The van der Waals surface area contributed by atoms with Crippen molar-refractivity contribution in [1.82, 2.24) is 42.2 Å². The van der Waals surface area contributed by atoms with Crippen LogP contribution in [0.5, 0.6) is 0 Å². The van der Waals surface area contributed by atoms with Gasteiger partial charge in [0.2, 0.25) is 41.4 Å². The number of H-pyrrole nitrogens is 1. The molecule has 24 nitrogen and oxygen atoms in total. The number of aliphatic carboxylic acids is 3. The Balaban J connectivity index is 2.30. The van der Waals surface area contributed by atoms with E-state index in [1.807, 2.05) is 5.32 Å². The Morgan fingerprint density at radius 1 is 0.587 bits per heavy atom. The van der Waals surface area contributed by atoms with Crippen LogP contribution in [0.1, 0.15) is 59.4 Å². The van der Waals surface area contributed by atoms with Crippen LogP contribution < -0.4 is 43.0 Å². The molecule has 0 saturated heterocycles. The van der Waals surface area contributed by atoms with Crippen molar-refractivity contribution in [3.8, 4) is 0 Å². The first kappa shape index (κ1) is 52.5. The second-order valence-electron chi connectivity index (χ2n) is 15.5. The molecule has 0 aliphatic heterocycles. The van der Waals surface area contributed by atoms with Crippen molar-refractivity contribution >= 4 is 70.2 Å². The third-order valence-electron chi connectivity index (χ3n) is 9.43. The van der Waals surface area contributed by atoms with E-state index in [0.29, 0.717) is 16.5 Å². The molecule has 0 radical (unpaired) electrons. The highest BCUT2D eigenvalue weighted by Crippen LogP contribution is 2.19. The lowest BCUT2D eigenvalue weighted by molar-refractivity contribution is -0.147. The summed E-state index contributed by atoms with van der Waals surface area (Å²) < 4.78 is 0. The van der Waals surface area contributed by atoms with Crippen LogP contribution in [-0.4, -0.2) is 151 Å². The Bertz CT molecular complexity index is 1990. The number of carbonyl (C=O) groups is 10. The smallest absolute Gasteiger partial charge is 0.326 e. The molecular weight excluding hydrogens is 834 g/mol. The van der Waals surface area contributed by atoms with Gasteiger partial charge < -0.3 is 73.5 Å². The average molecular weight is 892 g/mol. The Labute approximate surface area is 360 Å². The quantitative estimate of drug-likeness (QED) is 0.0430. The maximum absolute atomic E-state index is 13.8. The van der Waals surface area contributed by atoms with Gasteiger partial charge in [-0.1, -0.05) is 45.9 Å². The molecular formula is C39H57N9O15. The lowest BCUT2D eigenvalue weighted by Crippen LogP contribution is -2.61. The summed E-state index contributed by atoms with van der Waals surface area (Å²) in [6.07, 6.45) is -0.310.